The molecular formula is C18H15N5O. The van der Waals surface area contributed by atoms with Crippen molar-refractivity contribution < 1.29 is 5.11 Å². The van der Waals surface area contributed by atoms with E-state index in [9.17, 15) is 0 Å². The molecule has 6 heteroatoms. The van der Waals surface area contributed by atoms with E-state index in [1.807, 2.05) is 36.4 Å². The van der Waals surface area contributed by atoms with Gasteiger partial charge < -0.3 is 10.4 Å². The Bertz CT molecular complexity index is 792. The Balaban J connectivity index is 2.03. The second kappa shape index (κ2) is 8.84. The van der Waals surface area contributed by atoms with Crippen molar-refractivity contribution in [3.05, 3.63) is 59.7 Å². The molecule has 0 aliphatic rings. The Morgan fingerprint density at radius 2 is 1.50 bits per heavy atom. The van der Waals surface area contributed by atoms with Gasteiger partial charge in [-0.25, -0.2) is 0 Å². The molecule has 0 saturated carbocycles. The number of benzene rings is 2. The van der Waals surface area contributed by atoms with E-state index in [2.05, 4.69) is 15.5 Å². The summed E-state index contributed by atoms with van der Waals surface area (Å²) in [6.45, 7) is 0.581. The van der Waals surface area contributed by atoms with Gasteiger partial charge in [0.05, 0.1) is 18.0 Å². The van der Waals surface area contributed by atoms with Crippen LogP contribution in [0.2, 0.25) is 0 Å². The number of hydrogen-bond acceptors (Lipinski definition) is 6. The Labute approximate surface area is 140 Å². The molecule has 0 atom stereocenters. The maximum Gasteiger partial charge on any atom is 0.130 e. The molecule has 0 bridgehead atoms. The van der Waals surface area contributed by atoms with Crippen LogP contribution in [-0.4, -0.2) is 18.3 Å². The molecule has 0 fully saturated rings. The highest BCUT2D eigenvalue weighted by Gasteiger charge is 1.96. The van der Waals surface area contributed by atoms with Crippen molar-refractivity contribution in [2.24, 2.45) is 10.2 Å². The highest BCUT2D eigenvalue weighted by atomic mass is 16.3. The number of nitriles is 2. The van der Waals surface area contributed by atoms with Crippen molar-refractivity contribution in [3.63, 3.8) is 0 Å². The second-order valence-corrected chi connectivity index (χ2v) is 4.77. The van der Waals surface area contributed by atoms with E-state index >= 15 is 0 Å². The molecule has 2 rings (SSSR count). The van der Waals surface area contributed by atoms with Crippen molar-refractivity contribution in [2.75, 3.05) is 18.5 Å². The third-order valence-electron chi connectivity index (χ3n) is 3.03. The lowest BCUT2D eigenvalue weighted by atomic mass is 10.1. The zero-order valence-corrected chi connectivity index (χ0v) is 12.8. The first-order chi connectivity index (χ1) is 11.7. The predicted octanol–water partition coefficient (Wildman–Crippen LogP) is 3.94. The summed E-state index contributed by atoms with van der Waals surface area (Å²) in [5.41, 5.74) is 3.10. The molecule has 0 unspecified atom stereocenters. The Morgan fingerprint density at radius 1 is 0.958 bits per heavy atom. The van der Waals surface area contributed by atoms with Gasteiger partial charge in [-0.2, -0.15) is 20.8 Å². The molecule has 0 aliphatic heterocycles. The van der Waals surface area contributed by atoms with Crippen molar-refractivity contribution in [2.45, 2.75) is 0 Å². The topological polar surface area (TPSA) is 105 Å². The maximum absolute atomic E-state index is 8.76. The zero-order chi connectivity index (χ0) is 17.2. The average Bonchev–Trinajstić information content (AvgIpc) is 2.64. The number of aliphatic hydroxyl groups is 1. The van der Waals surface area contributed by atoms with E-state index in [4.69, 9.17) is 15.6 Å². The molecule has 118 valence electrons. The monoisotopic (exact) mass is 317 g/mol. The smallest absolute Gasteiger partial charge is 0.130 e. The van der Waals surface area contributed by atoms with Crippen molar-refractivity contribution >= 4 is 23.1 Å². The number of allylic oxidation sites excluding steroid dienone is 1. The van der Waals surface area contributed by atoms with Crippen LogP contribution >= 0.6 is 0 Å². The highest BCUT2D eigenvalue weighted by Crippen LogP contribution is 2.21. The number of aliphatic hydroxyl groups excluding tert-OH is 1. The normalized spacial score (nSPS) is 9.96. The summed E-state index contributed by atoms with van der Waals surface area (Å²) in [5.74, 6) is 0. The van der Waals surface area contributed by atoms with E-state index in [1.54, 1.807) is 24.3 Å². The number of rotatable bonds is 6. The number of azo groups is 1. The number of hydrogen-bond donors (Lipinski definition) is 2. The van der Waals surface area contributed by atoms with Gasteiger partial charge >= 0.3 is 0 Å². The molecule has 0 aromatic heterocycles. The van der Waals surface area contributed by atoms with Crippen molar-refractivity contribution in [3.8, 4) is 12.1 Å². The van der Waals surface area contributed by atoms with Gasteiger partial charge in [0.25, 0.3) is 0 Å². The summed E-state index contributed by atoms with van der Waals surface area (Å²) < 4.78 is 0. The average molecular weight is 317 g/mol. The summed E-state index contributed by atoms with van der Waals surface area (Å²) in [6.07, 6.45) is 1.51. The minimum atomic E-state index is 0.0549. The van der Waals surface area contributed by atoms with Gasteiger partial charge in [0.15, 0.2) is 0 Å². The molecule has 6 nitrogen and oxygen atoms in total. The Hall–Kier alpha value is -3.48. The largest absolute Gasteiger partial charge is 0.395 e. The summed E-state index contributed by atoms with van der Waals surface area (Å²) in [4.78, 5) is 0. The first kappa shape index (κ1) is 16.9. The molecule has 0 heterocycles. The third-order valence-corrected chi connectivity index (χ3v) is 3.03. The van der Waals surface area contributed by atoms with Crippen LogP contribution in [0.15, 0.2) is 64.3 Å². The van der Waals surface area contributed by atoms with Crippen LogP contribution in [0.3, 0.4) is 0 Å². The highest BCUT2D eigenvalue weighted by molar-refractivity contribution is 5.63. The molecule has 24 heavy (non-hydrogen) atoms. The van der Waals surface area contributed by atoms with Crippen molar-refractivity contribution in [1.82, 2.24) is 0 Å². The van der Waals surface area contributed by atoms with Gasteiger partial charge in [-0.1, -0.05) is 12.1 Å². The molecule has 0 spiro atoms. The van der Waals surface area contributed by atoms with E-state index in [0.717, 1.165) is 11.3 Å². The van der Waals surface area contributed by atoms with Gasteiger partial charge in [0.2, 0.25) is 0 Å². The van der Waals surface area contributed by atoms with Gasteiger partial charge in [0.1, 0.15) is 17.7 Å². The Kier molecular flexibility index (Phi) is 6.22. The molecule has 0 saturated heterocycles. The van der Waals surface area contributed by atoms with E-state index in [0.29, 0.717) is 17.9 Å². The van der Waals surface area contributed by atoms with Crippen LogP contribution in [0.1, 0.15) is 5.56 Å². The van der Waals surface area contributed by atoms with Gasteiger partial charge in [-0.15, -0.1) is 0 Å². The SMILES string of the molecule is N#CC(C#N)=Cc1ccc(N=Nc2ccc(NCCO)cc2)cc1. The van der Waals surface area contributed by atoms with Crippen LogP contribution in [0.5, 0.6) is 0 Å². The molecule has 2 aromatic carbocycles. The molecule has 2 N–H and O–H groups in total. The lowest BCUT2D eigenvalue weighted by Crippen LogP contribution is -2.04. The number of anilines is 1. The van der Waals surface area contributed by atoms with Crippen LogP contribution in [0, 0.1) is 22.7 Å². The quantitative estimate of drug-likeness (QED) is 0.622. The minimum Gasteiger partial charge on any atom is -0.395 e. The van der Waals surface area contributed by atoms with Crippen LogP contribution in [-0.2, 0) is 0 Å². The third kappa shape index (κ3) is 5.06. The lowest BCUT2D eigenvalue weighted by molar-refractivity contribution is 0.311. The molecule has 0 aliphatic carbocycles. The van der Waals surface area contributed by atoms with Crippen LogP contribution in [0.4, 0.5) is 17.1 Å². The zero-order valence-electron chi connectivity index (χ0n) is 12.8. The van der Waals surface area contributed by atoms with Crippen LogP contribution < -0.4 is 5.32 Å². The predicted molar refractivity (Wildman–Crippen MR) is 91.8 cm³/mol. The summed E-state index contributed by atoms with van der Waals surface area (Å²) in [5, 5.41) is 37.6. The fraction of sp³-hybridized carbons (Fsp3) is 0.111. The van der Waals surface area contributed by atoms with Crippen molar-refractivity contribution in [1.29, 1.82) is 10.5 Å². The maximum atomic E-state index is 8.76. The summed E-state index contributed by atoms with van der Waals surface area (Å²) in [6, 6.07) is 18.1. The van der Waals surface area contributed by atoms with E-state index in [-0.39, 0.29) is 12.2 Å². The summed E-state index contributed by atoms with van der Waals surface area (Å²) in [7, 11) is 0. The standard InChI is InChI=1S/C18H15N5O/c19-12-15(13-20)11-14-1-3-17(4-2-14)22-23-18-7-5-16(6-8-18)21-9-10-24/h1-8,11,21,24H,9-10H2. The number of nitrogens with zero attached hydrogens (tertiary/aromatic N) is 4. The first-order valence-electron chi connectivity index (χ1n) is 7.23. The van der Waals surface area contributed by atoms with Gasteiger partial charge in [-0.05, 0) is 48.0 Å². The van der Waals surface area contributed by atoms with Crippen LogP contribution in [0.25, 0.3) is 6.08 Å². The van der Waals surface area contributed by atoms with E-state index in [1.165, 1.54) is 6.08 Å². The Morgan fingerprint density at radius 3 is 2.00 bits per heavy atom. The molecule has 0 amide bonds. The molecular weight excluding hydrogens is 302 g/mol. The molecule has 2 aromatic rings. The first-order valence-corrected chi connectivity index (χ1v) is 7.23. The lowest BCUT2D eigenvalue weighted by Gasteiger charge is -2.03. The fourth-order valence-corrected chi connectivity index (χ4v) is 1.86. The minimum absolute atomic E-state index is 0.0549. The van der Waals surface area contributed by atoms with E-state index < -0.39 is 0 Å². The fourth-order valence-electron chi connectivity index (χ4n) is 1.86. The second-order valence-electron chi connectivity index (χ2n) is 4.77. The molecule has 0 radical (unpaired) electrons. The van der Waals surface area contributed by atoms with Gasteiger partial charge in [-0.3, -0.25) is 0 Å². The number of nitrogens with one attached hydrogen (secondary N) is 1. The van der Waals surface area contributed by atoms with Gasteiger partial charge in [0, 0.05) is 12.2 Å². The summed E-state index contributed by atoms with van der Waals surface area (Å²) >= 11 is 0.